The molecular formula is C9H7F4NO. The minimum absolute atomic E-state index is 0.140. The topological polar surface area (TPSA) is 29.1 Å². The molecule has 0 radical (unpaired) electrons. The molecule has 1 aromatic carbocycles. The Balaban J connectivity index is 2.62. The third kappa shape index (κ3) is 3.97. The van der Waals surface area contributed by atoms with Crippen LogP contribution in [0.5, 0.6) is 0 Å². The monoisotopic (exact) mass is 221 g/mol. The number of halogens is 4. The Morgan fingerprint density at radius 1 is 1.33 bits per heavy atom. The van der Waals surface area contributed by atoms with Gasteiger partial charge in [-0.05, 0) is 18.2 Å². The van der Waals surface area contributed by atoms with Crippen molar-refractivity contribution < 1.29 is 22.4 Å². The molecule has 0 aromatic heterocycles. The van der Waals surface area contributed by atoms with Crippen LogP contribution in [0.25, 0.3) is 0 Å². The van der Waals surface area contributed by atoms with Gasteiger partial charge in [-0.15, -0.1) is 0 Å². The van der Waals surface area contributed by atoms with Gasteiger partial charge in [-0.3, -0.25) is 4.79 Å². The van der Waals surface area contributed by atoms with Gasteiger partial charge in [-0.25, -0.2) is 4.39 Å². The summed E-state index contributed by atoms with van der Waals surface area (Å²) < 4.78 is 47.8. The maximum atomic E-state index is 12.6. The van der Waals surface area contributed by atoms with Gasteiger partial charge in [0.25, 0.3) is 5.91 Å². The predicted octanol–water partition coefficient (Wildman–Crippen LogP) is 2.12. The van der Waals surface area contributed by atoms with E-state index in [9.17, 15) is 22.4 Å². The quantitative estimate of drug-likeness (QED) is 0.761. The second kappa shape index (κ2) is 4.29. The molecule has 0 heterocycles. The molecule has 0 aliphatic carbocycles. The summed E-state index contributed by atoms with van der Waals surface area (Å²) in [5, 5.41) is 1.64. The van der Waals surface area contributed by atoms with Crippen LogP contribution in [0, 0.1) is 5.82 Å². The number of nitrogens with one attached hydrogen (secondary N) is 1. The van der Waals surface area contributed by atoms with Crippen LogP contribution < -0.4 is 5.32 Å². The Bertz CT molecular complexity index is 361. The highest BCUT2D eigenvalue weighted by molar-refractivity contribution is 5.94. The van der Waals surface area contributed by atoms with E-state index in [1.54, 1.807) is 5.32 Å². The van der Waals surface area contributed by atoms with Crippen molar-refractivity contribution in [1.82, 2.24) is 5.32 Å². The second-order valence-electron chi connectivity index (χ2n) is 2.81. The molecule has 0 fully saturated rings. The molecule has 0 unspecified atom stereocenters. The fraction of sp³-hybridized carbons (Fsp3) is 0.222. The molecule has 0 aliphatic heterocycles. The lowest BCUT2D eigenvalue weighted by atomic mass is 10.2. The second-order valence-corrected chi connectivity index (χ2v) is 2.81. The molecule has 15 heavy (non-hydrogen) atoms. The van der Waals surface area contributed by atoms with Gasteiger partial charge in [0.05, 0.1) is 0 Å². The van der Waals surface area contributed by atoms with E-state index in [1.807, 2.05) is 0 Å². The third-order valence-electron chi connectivity index (χ3n) is 1.54. The Morgan fingerprint density at radius 2 is 2.00 bits per heavy atom. The molecule has 0 saturated heterocycles. The minimum atomic E-state index is -4.47. The summed E-state index contributed by atoms with van der Waals surface area (Å²) in [5.74, 6) is -1.62. The lowest BCUT2D eigenvalue weighted by Gasteiger charge is -2.07. The van der Waals surface area contributed by atoms with Gasteiger partial charge < -0.3 is 5.32 Å². The molecule has 2 nitrogen and oxygen atoms in total. The van der Waals surface area contributed by atoms with Crippen molar-refractivity contribution in [3.05, 3.63) is 35.6 Å². The van der Waals surface area contributed by atoms with E-state index in [1.165, 1.54) is 12.1 Å². The lowest BCUT2D eigenvalue weighted by Crippen LogP contribution is -2.33. The van der Waals surface area contributed by atoms with Gasteiger partial charge in [-0.2, -0.15) is 13.2 Å². The zero-order chi connectivity index (χ0) is 11.5. The minimum Gasteiger partial charge on any atom is -0.343 e. The summed E-state index contributed by atoms with van der Waals surface area (Å²) in [6.07, 6.45) is -4.47. The van der Waals surface area contributed by atoms with Gasteiger partial charge in [0, 0.05) is 5.56 Å². The number of hydrogen-bond acceptors (Lipinski definition) is 1. The van der Waals surface area contributed by atoms with Crippen LogP contribution >= 0.6 is 0 Å². The highest BCUT2D eigenvalue weighted by Gasteiger charge is 2.27. The van der Waals surface area contributed by atoms with Crippen LogP contribution in [-0.4, -0.2) is 18.6 Å². The largest absolute Gasteiger partial charge is 0.405 e. The van der Waals surface area contributed by atoms with Crippen LogP contribution in [0.3, 0.4) is 0 Å². The zero-order valence-electron chi connectivity index (χ0n) is 7.44. The summed E-state index contributed by atoms with van der Waals surface area (Å²) >= 11 is 0. The molecule has 0 aliphatic rings. The van der Waals surface area contributed by atoms with Crippen molar-refractivity contribution >= 4 is 5.91 Å². The van der Waals surface area contributed by atoms with E-state index < -0.39 is 24.4 Å². The van der Waals surface area contributed by atoms with Gasteiger partial charge in [0.2, 0.25) is 0 Å². The van der Waals surface area contributed by atoms with Crippen molar-refractivity contribution in [1.29, 1.82) is 0 Å². The van der Waals surface area contributed by atoms with Crippen LogP contribution in [0.4, 0.5) is 17.6 Å². The normalized spacial score (nSPS) is 11.2. The molecule has 1 N–H and O–H groups in total. The van der Waals surface area contributed by atoms with E-state index in [2.05, 4.69) is 0 Å². The van der Waals surface area contributed by atoms with E-state index >= 15 is 0 Å². The zero-order valence-corrected chi connectivity index (χ0v) is 7.44. The molecule has 1 aromatic rings. The first-order valence-electron chi connectivity index (χ1n) is 3.99. The highest BCUT2D eigenvalue weighted by atomic mass is 19.4. The van der Waals surface area contributed by atoms with Gasteiger partial charge >= 0.3 is 6.18 Å². The maximum Gasteiger partial charge on any atom is 0.405 e. The summed E-state index contributed by atoms with van der Waals surface area (Å²) in [4.78, 5) is 11.1. The summed E-state index contributed by atoms with van der Waals surface area (Å²) in [7, 11) is 0. The first kappa shape index (κ1) is 11.5. The Hall–Kier alpha value is -1.59. The smallest absolute Gasteiger partial charge is 0.343 e. The summed E-state index contributed by atoms with van der Waals surface area (Å²) in [6.45, 7) is -1.43. The molecule has 0 bridgehead atoms. The van der Waals surface area contributed by atoms with Crippen LogP contribution in [0.1, 0.15) is 10.4 Å². The number of rotatable bonds is 2. The first-order valence-corrected chi connectivity index (χ1v) is 3.99. The fourth-order valence-corrected chi connectivity index (χ4v) is 0.912. The predicted molar refractivity (Wildman–Crippen MR) is 44.8 cm³/mol. The Kier molecular flexibility index (Phi) is 3.28. The van der Waals surface area contributed by atoms with Crippen LogP contribution in [-0.2, 0) is 0 Å². The molecule has 82 valence electrons. The Morgan fingerprint density at radius 3 is 2.53 bits per heavy atom. The van der Waals surface area contributed by atoms with Crippen molar-refractivity contribution in [3.8, 4) is 0 Å². The fourth-order valence-electron chi connectivity index (χ4n) is 0.912. The number of carbonyl (C=O) groups excluding carboxylic acids is 1. The average Bonchev–Trinajstić information content (AvgIpc) is 2.13. The number of amides is 1. The van der Waals surface area contributed by atoms with E-state index in [4.69, 9.17) is 0 Å². The van der Waals surface area contributed by atoms with Crippen LogP contribution in [0.2, 0.25) is 0 Å². The summed E-state index contributed by atoms with van der Waals surface area (Å²) in [5.41, 5.74) is -0.140. The van der Waals surface area contributed by atoms with E-state index in [0.717, 1.165) is 12.1 Å². The van der Waals surface area contributed by atoms with Gasteiger partial charge in [0.15, 0.2) is 0 Å². The molecule has 1 amide bonds. The number of carbonyl (C=O) groups is 1. The Labute approximate surface area is 82.9 Å². The SMILES string of the molecule is O=C(NCC(F)(F)F)c1cccc(F)c1. The first-order chi connectivity index (χ1) is 6.88. The van der Waals surface area contributed by atoms with Crippen LogP contribution in [0.15, 0.2) is 24.3 Å². The average molecular weight is 221 g/mol. The molecule has 0 spiro atoms. The molecular weight excluding hydrogens is 214 g/mol. The van der Waals surface area contributed by atoms with E-state index in [-0.39, 0.29) is 5.56 Å². The number of alkyl halides is 3. The van der Waals surface area contributed by atoms with Gasteiger partial charge in [-0.1, -0.05) is 6.07 Å². The van der Waals surface area contributed by atoms with Crippen molar-refractivity contribution in [3.63, 3.8) is 0 Å². The highest BCUT2D eigenvalue weighted by Crippen LogP contribution is 2.12. The molecule has 6 heteroatoms. The van der Waals surface area contributed by atoms with Crippen molar-refractivity contribution in [2.75, 3.05) is 6.54 Å². The summed E-state index contributed by atoms with van der Waals surface area (Å²) in [6, 6.07) is 4.44. The van der Waals surface area contributed by atoms with Crippen molar-refractivity contribution in [2.45, 2.75) is 6.18 Å². The van der Waals surface area contributed by atoms with E-state index in [0.29, 0.717) is 0 Å². The standard InChI is InChI=1S/C9H7F4NO/c10-7-3-1-2-6(4-7)8(15)14-5-9(11,12)13/h1-4H,5H2,(H,14,15). The maximum absolute atomic E-state index is 12.6. The number of benzene rings is 1. The lowest BCUT2D eigenvalue weighted by molar-refractivity contribution is -0.123. The van der Waals surface area contributed by atoms with Crippen molar-refractivity contribution in [2.24, 2.45) is 0 Å². The molecule has 0 atom stereocenters. The third-order valence-corrected chi connectivity index (χ3v) is 1.54. The number of hydrogen-bond donors (Lipinski definition) is 1. The molecule has 0 saturated carbocycles. The van der Waals surface area contributed by atoms with Gasteiger partial charge in [0.1, 0.15) is 12.4 Å². The molecule has 1 rings (SSSR count).